The molecule has 0 spiro atoms. The van der Waals surface area contributed by atoms with Gasteiger partial charge < -0.3 is 5.73 Å². The van der Waals surface area contributed by atoms with Crippen LogP contribution in [-0.2, 0) is 6.54 Å². The van der Waals surface area contributed by atoms with Crippen LogP contribution in [0.3, 0.4) is 0 Å². The van der Waals surface area contributed by atoms with E-state index in [4.69, 9.17) is 17.3 Å². The van der Waals surface area contributed by atoms with E-state index in [-0.39, 0.29) is 0 Å². The highest BCUT2D eigenvalue weighted by Gasteiger charge is 2.27. The predicted molar refractivity (Wildman–Crippen MR) is 77.8 cm³/mol. The van der Waals surface area contributed by atoms with E-state index in [0.29, 0.717) is 12.0 Å². The lowest BCUT2D eigenvalue weighted by Crippen LogP contribution is -2.48. The molecule has 1 aromatic carbocycles. The molecule has 2 N–H and O–H groups in total. The van der Waals surface area contributed by atoms with Crippen molar-refractivity contribution in [3.8, 4) is 0 Å². The summed E-state index contributed by atoms with van der Waals surface area (Å²) in [6.45, 7) is 7.17. The van der Waals surface area contributed by atoms with Gasteiger partial charge in [0.1, 0.15) is 0 Å². The number of rotatable bonds is 3. The summed E-state index contributed by atoms with van der Waals surface area (Å²) in [7, 11) is 0. The fraction of sp³-hybridized carbons (Fsp3) is 0.600. The van der Waals surface area contributed by atoms with Crippen molar-refractivity contribution >= 4 is 11.6 Å². The van der Waals surface area contributed by atoms with Crippen LogP contribution in [-0.4, -0.2) is 24.0 Å². The van der Waals surface area contributed by atoms with Crippen LogP contribution in [0.5, 0.6) is 0 Å². The smallest absolute Gasteiger partial charge is 0.0453 e. The van der Waals surface area contributed by atoms with Crippen molar-refractivity contribution in [3.63, 3.8) is 0 Å². The van der Waals surface area contributed by atoms with Gasteiger partial charge in [0.05, 0.1) is 0 Å². The number of nitrogens with two attached hydrogens (primary N) is 1. The predicted octanol–water partition coefficient (Wildman–Crippen LogP) is 3.21. The molecule has 0 aliphatic carbocycles. The number of hydrogen-bond donors (Lipinski definition) is 1. The zero-order valence-electron chi connectivity index (χ0n) is 11.3. The number of halogens is 1. The first-order chi connectivity index (χ1) is 8.61. The topological polar surface area (TPSA) is 29.3 Å². The first kappa shape index (κ1) is 13.9. The van der Waals surface area contributed by atoms with Crippen LogP contribution >= 0.6 is 11.6 Å². The Kier molecular flexibility index (Phi) is 4.66. The zero-order valence-corrected chi connectivity index (χ0v) is 12.1. The van der Waals surface area contributed by atoms with E-state index in [0.717, 1.165) is 24.7 Å². The Morgan fingerprint density at radius 3 is 2.89 bits per heavy atom. The van der Waals surface area contributed by atoms with E-state index in [1.165, 1.54) is 24.0 Å². The monoisotopic (exact) mass is 266 g/mol. The number of aryl methyl sites for hydroxylation is 1. The number of hydrogen-bond acceptors (Lipinski definition) is 2. The molecule has 0 radical (unpaired) electrons. The fourth-order valence-corrected chi connectivity index (χ4v) is 3.21. The van der Waals surface area contributed by atoms with Crippen molar-refractivity contribution in [1.29, 1.82) is 0 Å². The Labute approximate surface area is 115 Å². The molecule has 2 atom stereocenters. The van der Waals surface area contributed by atoms with E-state index in [1.54, 1.807) is 0 Å². The number of benzene rings is 1. The second kappa shape index (κ2) is 6.05. The number of likely N-dealkylation sites (tertiary alicyclic amines) is 1. The Balaban J connectivity index is 2.11. The molecular weight excluding hydrogens is 244 g/mol. The summed E-state index contributed by atoms with van der Waals surface area (Å²) in [5, 5.41) is 0.879. The van der Waals surface area contributed by atoms with Gasteiger partial charge in [0.15, 0.2) is 0 Å². The summed E-state index contributed by atoms with van der Waals surface area (Å²) in [4.78, 5) is 2.49. The van der Waals surface area contributed by atoms with Crippen molar-refractivity contribution in [2.75, 3.05) is 13.1 Å². The molecule has 1 aliphatic rings. The Morgan fingerprint density at radius 2 is 2.22 bits per heavy atom. The molecule has 1 saturated heterocycles. The molecule has 0 saturated carbocycles. The van der Waals surface area contributed by atoms with Crippen molar-refractivity contribution < 1.29 is 0 Å². The van der Waals surface area contributed by atoms with Crippen molar-refractivity contribution in [2.45, 2.75) is 39.3 Å². The van der Waals surface area contributed by atoms with Gasteiger partial charge >= 0.3 is 0 Å². The van der Waals surface area contributed by atoms with E-state index in [2.05, 4.69) is 30.9 Å². The molecule has 18 heavy (non-hydrogen) atoms. The summed E-state index contributed by atoms with van der Waals surface area (Å²) in [5.41, 5.74) is 8.36. The highest BCUT2D eigenvalue weighted by atomic mass is 35.5. The maximum atomic E-state index is 6.32. The van der Waals surface area contributed by atoms with Gasteiger partial charge in [0.2, 0.25) is 0 Å². The van der Waals surface area contributed by atoms with Crippen LogP contribution in [0.1, 0.15) is 30.9 Å². The molecule has 3 heteroatoms. The summed E-state index contributed by atoms with van der Waals surface area (Å²) < 4.78 is 0. The lowest BCUT2D eigenvalue weighted by molar-refractivity contribution is 0.0991. The van der Waals surface area contributed by atoms with Crippen molar-refractivity contribution in [3.05, 3.63) is 34.3 Å². The summed E-state index contributed by atoms with van der Waals surface area (Å²) in [6.07, 6.45) is 2.56. The second-order valence-electron chi connectivity index (χ2n) is 5.49. The molecule has 100 valence electrons. The van der Waals surface area contributed by atoms with Gasteiger partial charge in [0.25, 0.3) is 0 Å². The van der Waals surface area contributed by atoms with E-state index < -0.39 is 0 Å². The molecule has 1 fully saturated rings. The highest BCUT2D eigenvalue weighted by Crippen LogP contribution is 2.26. The SMILES string of the molecule is Cc1ccc(CN2CCCC(C)C2CN)c(Cl)c1. The molecule has 1 aromatic rings. The van der Waals surface area contributed by atoms with Gasteiger partial charge in [-0.15, -0.1) is 0 Å². The zero-order chi connectivity index (χ0) is 13.1. The van der Waals surface area contributed by atoms with Crippen LogP contribution in [0.2, 0.25) is 5.02 Å². The molecule has 0 aromatic heterocycles. The molecule has 1 heterocycles. The quantitative estimate of drug-likeness (QED) is 0.910. The normalized spacial score (nSPS) is 25.3. The Morgan fingerprint density at radius 1 is 1.44 bits per heavy atom. The number of piperidine rings is 1. The fourth-order valence-electron chi connectivity index (χ4n) is 2.91. The van der Waals surface area contributed by atoms with Gasteiger partial charge in [-0.2, -0.15) is 0 Å². The van der Waals surface area contributed by atoms with Gasteiger partial charge in [-0.3, -0.25) is 4.90 Å². The van der Waals surface area contributed by atoms with Gasteiger partial charge in [0, 0.05) is 24.2 Å². The summed E-state index contributed by atoms with van der Waals surface area (Å²) >= 11 is 6.32. The molecule has 2 nitrogen and oxygen atoms in total. The average Bonchev–Trinajstić information content (AvgIpc) is 2.33. The van der Waals surface area contributed by atoms with Crippen LogP contribution in [0.4, 0.5) is 0 Å². The molecule has 0 bridgehead atoms. The van der Waals surface area contributed by atoms with Crippen LogP contribution in [0.25, 0.3) is 0 Å². The van der Waals surface area contributed by atoms with Gasteiger partial charge in [-0.1, -0.05) is 30.7 Å². The minimum atomic E-state index is 0.496. The van der Waals surface area contributed by atoms with Crippen LogP contribution in [0, 0.1) is 12.8 Å². The Hall–Kier alpha value is -0.570. The minimum Gasteiger partial charge on any atom is -0.329 e. The Bertz CT molecular complexity index is 405. The largest absolute Gasteiger partial charge is 0.329 e. The average molecular weight is 267 g/mol. The summed E-state index contributed by atoms with van der Waals surface area (Å²) in [6, 6.07) is 6.81. The van der Waals surface area contributed by atoms with Crippen LogP contribution in [0.15, 0.2) is 18.2 Å². The standard InChI is InChI=1S/C15H23ClN2/c1-11-5-6-13(14(16)8-11)10-18-7-3-4-12(2)15(18)9-17/h5-6,8,12,15H,3-4,7,9-10,17H2,1-2H3. The minimum absolute atomic E-state index is 0.496. The molecule has 1 aliphatic heterocycles. The van der Waals surface area contributed by atoms with E-state index in [1.807, 2.05) is 6.07 Å². The second-order valence-corrected chi connectivity index (χ2v) is 5.90. The van der Waals surface area contributed by atoms with Crippen LogP contribution < -0.4 is 5.73 Å². The molecule has 2 rings (SSSR count). The maximum Gasteiger partial charge on any atom is 0.0453 e. The van der Waals surface area contributed by atoms with Gasteiger partial charge in [-0.25, -0.2) is 0 Å². The third-order valence-electron chi connectivity index (χ3n) is 4.05. The number of nitrogens with zero attached hydrogens (tertiary/aromatic N) is 1. The van der Waals surface area contributed by atoms with Gasteiger partial charge in [-0.05, 0) is 49.4 Å². The van der Waals surface area contributed by atoms with E-state index in [9.17, 15) is 0 Å². The molecule has 0 amide bonds. The highest BCUT2D eigenvalue weighted by molar-refractivity contribution is 6.31. The maximum absolute atomic E-state index is 6.32. The van der Waals surface area contributed by atoms with E-state index >= 15 is 0 Å². The molecule has 2 unspecified atom stereocenters. The lowest BCUT2D eigenvalue weighted by Gasteiger charge is -2.39. The summed E-state index contributed by atoms with van der Waals surface area (Å²) in [5.74, 6) is 0.688. The third kappa shape index (κ3) is 3.05. The third-order valence-corrected chi connectivity index (χ3v) is 4.41. The lowest BCUT2D eigenvalue weighted by atomic mass is 9.90. The first-order valence-corrected chi connectivity index (χ1v) is 7.18. The van der Waals surface area contributed by atoms with Crippen molar-refractivity contribution in [1.82, 2.24) is 4.90 Å². The first-order valence-electron chi connectivity index (χ1n) is 6.81. The van der Waals surface area contributed by atoms with Crippen molar-refractivity contribution in [2.24, 2.45) is 11.7 Å². The molecular formula is C15H23ClN2.